The minimum absolute atomic E-state index is 0.256. The molecule has 0 fully saturated rings. The third kappa shape index (κ3) is 3.86. The number of fused-ring (bicyclic) bond motifs is 1. The average Bonchev–Trinajstić information content (AvgIpc) is 2.94. The van der Waals surface area contributed by atoms with Crippen LogP contribution in [0.1, 0.15) is 51.1 Å². The van der Waals surface area contributed by atoms with Crippen LogP contribution in [0.4, 0.5) is 0 Å². The Balaban J connectivity index is 2.25. The summed E-state index contributed by atoms with van der Waals surface area (Å²) in [6, 6.07) is 8.49. The van der Waals surface area contributed by atoms with E-state index in [1.807, 2.05) is 18.4 Å². The first-order valence-electron chi connectivity index (χ1n) is 8.22. The van der Waals surface area contributed by atoms with Crippen LogP contribution in [0.25, 0.3) is 11.0 Å². The zero-order chi connectivity index (χ0) is 15.1. The molecule has 0 saturated carbocycles. The van der Waals surface area contributed by atoms with E-state index in [4.69, 9.17) is 10.2 Å². The largest absolute Gasteiger partial charge is 0.464 e. The fraction of sp³-hybridized carbons (Fsp3) is 0.556. The van der Waals surface area contributed by atoms with Crippen molar-refractivity contribution in [2.75, 3.05) is 19.6 Å². The minimum atomic E-state index is 0.256. The van der Waals surface area contributed by atoms with Crippen LogP contribution in [0.3, 0.4) is 0 Å². The van der Waals surface area contributed by atoms with Gasteiger partial charge in [-0.25, -0.2) is 0 Å². The monoisotopic (exact) mass is 288 g/mol. The van der Waals surface area contributed by atoms with Gasteiger partial charge in [0.25, 0.3) is 0 Å². The number of benzene rings is 1. The zero-order valence-electron chi connectivity index (χ0n) is 13.3. The summed E-state index contributed by atoms with van der Waals surface area (Å²) < 4.78 is 5.71. The number of nitrogens with two attached hydrogens (primary N) is 1. The van der Waals surface area contributed by atoms with Crippen LogP contribution in [0.5, 0.6) is 0 Å². The molecule has 2 aromatic rings. The number of rotatable bonds is 9. The lowest BCUT2D eigenvalue weighted by molar-refractivity contribution is 0.195. The lowest BCUT2D eigenvalue weighted by Crippen LogP contribution is -2.35. The molecule has 0 spiro atoms. The van der Waals surface area contributed by atoms with Gasteiger partial charge in [-0.05, 0) is 32.0 Å². The molecule has 1 atom stereocenters. The van der Waals surface area contributed by atoms with Gasteiger partial charge in [0.05, 0.1) is 12.3 Å². The molecule has 0 bridgehead atoms. The third-order valence-electron chi connectivity index (χ3n) is 4.13. The van der Waals surface area contributed by atoms with Crippen molar-refractivity contribution in [3.05, 3.63) is 36.1 Å². The fourth-order valence-electron chi connectivity index (χ4n) is 2.88. The summed E-state index contributed by atoms with van der Waals surface area (Å²) in [6.45, 7) is 7.33. The second-order valence-corrected chi connectivity index (χ2v) is 5.68. The molecule has 0 aliphatic heterocycles. The smallest absolute Gasteiger partial charge is 0.134 e. The highest BCUT2D eigenvalue weighted by Crippen LogP contribution is 2.30. The van der Waals surface area contributed by atoms with E-state index in [9.17, 15) is 0 Å². The van der Waals surface area contributed by atoms with Gasteiger partial charge in [-0.2, -0.15) is 0 Å². The first-order valence-corrected chi connectivity index (χ1v) is 8.22. The van der Waals surface area contributed by atoms with Crippen LogP contribution >= 0.6 is 0 Å². The second-order valence-electron chi connectivity index (χ2n) is 5.68. The van der Waals surface area contributed by atoms with Gasteiger partial charge in [0, 0.05) is 17.5 Å². The number of unbranched alkanes of at least 4 members (excludes halogenated alkanes) is 2. The van der Waals surface area contributed by atoms with Crippen molar-refractivity contribution in [1.82, 2.24) is 4.90 Å². The second kappa shape index (κ2) is 8.20. The average molecular weight is 288 g/mol. The van der Waals surface area contributed by atoms with Crippen LogP contribution < -0.4 is 5.73 Å². The highest BCUT2D eigenvalue weighted by molar-refractivity contribution is 5.81. The molecule has 0 aliphatic rings. The molecule has 3 nitrogen and oxygen atoms in total. The van der Waals surface area contributed by atoms with Crippen molar-refractivity contribution in [3.63, 3.8) is 0 Å². The number of hydrogen-bond acceptors (Lipinski definition) is 3. The summed E-state index contributed by atoms with van der Waals surface area (Å²) in [7, 11) is 0. The van der Waals surface area contributed by atoms with E-state index in [0.717, 1.165) is 18.7 Å². The van der Waals surface area contributed by atoms with Gasteiger partial charge in [-0.1, -0.05) is 44.9 Å². The quantitative estimate of drug-likeness (QED) is 0.746. The molecule has 0 amide bonds. The van der Waals surface area contributed by atoms with Crippen molar-refractivity contribution in [2.24, 2.45) is 5.73 Å². The van der Waals surface area contributed by atoms with Gasteiger partial charge < -0.3 is 10.2 Å². The fourth-order valence-corrected chi connectivity index (χ4v) is 2.88. The van der Waals surface area contributed by atoms with Crippen LogP contribution in [-0.4, -0.2) is 24.5 Å². The molecule has 1 unspecified atom stereocenters. The van der Waals surface area contributed by atoms with Crippen molar-refractivity contribution in [2.45, 2.75) is 45.6 Å². The number of furan rings is 1. The van der Waals surface area contributed by atoms with Crippen LogP contribution in [-0.2, 0) is 0 Å². The SMILES string of the molecule is CCCCN(CCCC)C(CN)c1coc2ccccc12. The summed E-state index contributed by atoms with van der Waals surface area (Å²) in [5.41, 5.74) is 8.31. The van der Waals surface area contributed by atoms with Crippen LogP contribution in [0, 0.1) is 0 Å². The normalized spacial score (nSPS) is 13.1. The summed E-state index contributed by atoms with van der Waals surface area (Å²) >= 11 is 0. The predicted octanol–water partition coefficient (Wildman–Crippen LogP) is 4.33. The van der Waals surface area contributed by atoms with Crippen LogP contribution in [0.2, 0.25) is 0 Å². The van der Waals surface area contributed by atoms with Gasteiger partial charge in [0.15, 0.2) is 0 Å². The first kappa shape index (κ1) is 16.1. The molecular formula is C18H28N2O. The minimum Gasteiger partial charge on any atom is -0.464 e. The Hall–Kier alpha value is -1.32. The van der Waals surface area contributed by atoms with Crippen molar-refractivity contribution >= 4 is 11.0 Å². The Morgan fingerprint density at radius 1 is 1.10 bits per heavy atom. The summed E-state index contributed by atoms with van der Waals surface area (Å²) in [5.74, 6) is 0. The Morgan fingerprint density at radius 2 is 1.76 bits per heavy atom. The molecule has 21 heavy (non-hydrogen) atoms. The maximum Gasteiger partial charge on any atom is 0.134 e. The van der Waals surface area contributed by atoms with Gasteiger partial charge in [0.2, 0.25) is 0 Å². The van der Waals surface area contributed by atoms with Crippen molar-refractivity contribution in [3.8, 4) is 0 Å². The molecule has 0 aliphatic carbocycles. The summed E-state index contributed by atoms with van der Waals surface area (Å²) in [4.78, 5) is 2.53. The van der Waals surface area contributed by atoms with E-state index in [0.29, 0.717) is 6.54 Å². The molecular weight excluding hydrogens is 260 g/mol. The Bertz CT molecular complexity index is 527. The van der Waals surface area contributed by atoms with Crippen molar-refractivity contribution < 1.29 is 4.42 Å². The number of hydrogen-bond donors (Lipinski definition) is 1. The Morgan fingerprint density at radius 3 is 2.38 bits per heavy atom. The topological polar surface area (TPSA) is 42.4 Å². The highest BCUT2D eigenvalue weighted by atomic mass is 16.3. The van der Waals surface area contributed by atoms with E-state index in [-0.39, 0.29) is 6.04 Å². The molecule has 1 aromatic carbocycles. The Labute approximate surface area is 128 Å². The summed E-state index contributed by atoms with van der Waals surface area (Å²) in [5, 5.41) is 1.20. The Kier molecular flexibility index (Phi) is 6.27. The molecule has 1 heterocycles. The third-order valence-corrected chi connectivity index (χ3v) is 4.13. The van der Waals surface area contributed by atoms with E-state index < -0.39 is 0 Å². The highest BCUT2D eigenvalue weighted by Gasteiger charge is 2.22. The van der Waals surface area contributed by atoms with Crippen molar-refractivity contribution in [1.29, 1.82) is 0 Å². The van der Waals surface area contributed by atoms with Gasteiger partial charge in [-0.3, -0.25) is 4.90 Å². The molecule has 2 rings (SSSR count). The molecule has 1 aromatic heterocycles. The van der Waals surface area contributed by atoms with E-state index >= 15 is 0 Å². The van der Waals surface area contributed by atoms with Gasteiger partial charge in [0.1, 0.15) is 5.58 Å². The number of nitrogens with zero attached hydrogens (tertiary/aromatic N) is 1. The van der Waals surface area contributed by atoms with E-state index in [2.05, 4.69) is 30.9 Å². The zero-order valence-corrected chi connectivity index (χ0v) is 13.3. The lowest BCUT2D eigenvalue weighted by atomic mass is 10.0. The standard InChI is InChI=1S/C18H28N2O/c1-3-5-11-20(12-6-4-2)17(13-19)16-14-21-18-10-8-7-9-15(16)18/h7-10,14,17H,3-6,11-13,19H2,1-2H3. The predicted molar refractivity (Wildman–Crippen MR) is 89.4 cm³/mol. The molecule has 0 saturated heterocycles. The van der Waals surface area contributed by atoms with Crippen LogP contribution in [0.15, 0.2) is 34.9 Å². The number of para-hydroxylation sites is 1. The molecule has 116 valence electrons. The van der Waals surface area contributed by atoms with Gasteiger partial charge in [-0.15, -0.1) is 0 Å². The lowest BCUT2D eigenvalue weighted by Gasteiger charge is -2.30. The maximum atomic E-state index is 6.12. The maximum absolute atomic E-state index is 6.12. The van der Waals surface area contributed by atoms with E-state index in [1.54, 1.807) is 0 Å². The molecule has 3 heteroatoms. The first-order chi connectivity index (χ1) is 10.3. The molecule has 2 N–H and O–H groups in total. The molecule has 0 radical (unpaired) electrons. The summed E-state index contributed by atoms with van der Waals surface area (Å²) in [6.07, 6.45) is 6.76. The van der Waals surface area contributed by atoms with E-state index in [1.165, 1.54) is 36.6 Å². The van der Waals surface area contributed by atoms with Gasteiger partial charge >= 0.3 is 0 Å².